The van der Waals surface area contributed by atoms with Crippen molar-refractivity contribution in [3.8, 4) is 11.4 Å². The molecule has 1 aromatic carbocycles. The maximum Gasteiger partial charge on any atom is 0.232 e. The van der Waals surface area contributed by atoms with Gasteiger partial charge in [-0.15, -0.1) is 12.4 Å². The minimum absolute atomic E-state index is 0. The van der Waals surface area contributed by atoms with Gasteiger partial charge in [-0.05, 0) is 37.4 Å². The topological polar surface area (TPSA) is 82.7 Å². The molecule has 1 saturated heterocycles. The van der Waals surface area contributed by atoms with Gasteiger partial charge in [0.1, 0.15) is 6.33 Å². The number of nitrogens with one attached hydrogen (secondary N) is 3. The van der Waals surface area contributed by atoms with Crippen LogP contribution in [0.2, 0.25) is 0 Å². The van der Waals surface area contributed by atoms with Gasteiger partial charge in [0.05, 0.1) is 5.41 Å². The van der Waals surface area contributed by atoms with Gasteiger partial charge in [-0.2, -0.15) is 5.10 Å². The molecule has 2 aromatic rings. The number of hydrogen-bond donors (Lipinski definition) is 3. The summed E-state index contributed by atoms with van der Waals surface area (Å²) in [4.78, 5) is 17.1. The van der Waals surface area contributed by atoms with Gasteiger partial charge < -0.3 is 10.6 Å². The fourth-order valence-electron chi connectivity index (χ4n) is 4.03. The number of amides is 1. The first-order valence-corrected chi connectivity index (χ1v) is 8.26. The van der Waals surface area contributed by atoms with Gasteiger partial charge in [0.25, 0.3) is 0 Å². The first kappa shape index (κ1) is 16.9. The Kier molecular flexibility index (Phi) is 4.87. The number of benzene rings is 1. The monoisotopic (exact) mass is 347 g/mol. The van der Waals surface area contributed by atoms with Crippen LogP contribution >= 0.6 is 12.4 Å². The molecule has 2 fully saturated rings. The maximum atomic E-state index is 13.0. The van der Waals surface area contributed by atoms with Gasteiger partial charge in [-0.1, -0.05) is 25.0 Å². The van der Waals surface area contributed by atoms with Crippen molar-refractivity contribution in [3.63, 3.8) is 0 Å². The maximum absolute atomic E-state index is 13.0. The number of hydrogen-bond acceptors (Lipinski definition) is 4. The van der Waals surface area contributed by atoms with E-state index in [-0.39, 0.29) is 23.7 Å². The summed E-state index contributed by atoms with van der Waals surface area (Å²) < 4.78 is 0. The summed E-state index contributed by atoms with van der Waals surface area (Å²) in [7, 11) is 0. The summed E-state index contributed by atoms with van der Waals surface area (Å²) in [5, 5.41) is 13.3. The molecule has 3 N–H and O–H groups in total. The Morgan fingerprint density at radius 1 is 1.33 bits per heavy atom. The molecule has 24 heavy (non-hydrogen) atoms. The average molecular weight is 348 g/mol. The number of carbonyl (C=O) groups excluding carboxylic acids is 1. The van der Waals surface area contributed by atoms with E-state index in [2.05, 4.69) is 25.8 Å². The quantitative estimate of drug-likeness (QED) is 0.797. The summed E-state index contributed by atoms with van der Waals surface area (Å²) in [5.74, 6) is 1.33. The Morgan fingerprint density at radius 2 is 2.25 bits per heavy atom. The molecule has 1 saturated carbocycles. The van der Waals surface area contributed by atoms with E-state index in [0.717, 1.165) is 43.6 Å². The van der Waals surface area contributed by atoms with Crippen LogP contribution in [0.3, 0.4) is 0 Å². The molecule has 0 radical (unpaired) electrons. The molecule has 2 aliphatic rings. The number of fused-ring (bicyclic) bond motifs is 1. The van der Waals surface area contributed by atoms with E-state index in [4.69, 9.17) is 0 Å². The summed E-state index contributed by atoms with van der Waals surface area (Å²) in [5.41, 5.74) is 1.50. The molecular formula is C17H22ClN5O. The third-order valence-corrected chi connectivity index (χ3v) is 5.30. The van der Waals surface area contributed by atoms with E-state index < -0.39 is 0 Å². The van der Waals surface area contributed by atoms with Crippen LogP contribution < -0.4 is 10.6 Å². The van der Waals surface area contributed by atoms with Crippen LogP contribution in [0, 0.1) is 11.3 Å². The van der Waals surface area contributed by atoms with Crippen LogP contribution in [-0.4, -0.2) is 34.2 Å². The SMILES string of the molecule is Cl.O=C(Nc1cccc(-c2ncn[nH]2)c1)[C@@]12CCCC[C@H]1CNC2. The Morgan fingerprint density at radius 3 is 3.08 bits per heavy atom. The van der Waals surface area contributed by atoms with Crippen LogP contribution in [0.5, 0.6) is 0 Å². The van der Waals surface area contributed by atoms with Gasteiger partial charge in [0.2, 0.25) is 5.91 Å². The highest BCUT2D eigenvalue weighted by atomic mass is 35.5. The van der Waals surface area contributed by atoms with E-state index in [9.17, 15) is 4.79 Å². The van der Waals surface area contributed by atoms with E-state index in [1.54, 1.807) is 0 Å². The number of H-pyrrole nitrogens is 1. The highest BCUT2D eigenvalue weighted by Crippen LogP contribution is 2.44. The van der Waals surface area contributed by atoms with Crippen molar-refractivity contribution in [2.75, 3.05) is 18.4 Å². The number of anilines is 1. The summed E-state index contributed by atoms with van der Waals surface area (Å²) in [6.07, 6.45) is 6.00. The lowest BCUT2D eigenvalue weighted by Crippen LogP contribution is -2.44. The molecule has 1 amide bonds. The van der Waals surface area contributed by atoms with Crippen molar-refractivity contribution in [2.24, 2.45) is 11.3 Å². The molecule has 2 atom stereocenters. The second-order valence-corrected chi connectivity index (χ2v) is 6.60. The Balaban J connectivity index is 0.00000169. The van der Waals surface area contributed by atoms with Crippen molar-refractivity contribution >= 4 is 24.0 Å². The van der Waals surface area contributed by atoms with Crippen molar-refractivity contribution < 1.29 is 4.79 Å². The van der Waals surface area contributed by atoms with Crippen LogP contribution in [0.25, 0.3) is 11.4 Å². The summed E-state index contributed by atoms with van der Waals surface area (Å²) >= 11 is 0. The third kappa shape index (κ3) is 2.91. The predicted molar refractivity (Wildman–Crippen MR) is 95.0 cm³/mol. The van der Waals surface area contributed by atoms with Gasteiger partial charge >= 0.3 is 0 Å². The molecule has 128 valence electrons. The second-order valence-electron chi connectivity index (χ2n) is 6.60. The second kappa shape index (κ2) is 6.91. The molecule has 2 heterocycles. The number of halogens is 1. The fourth-order valence-corrected chi connectivity index (χ4v) is 4.03. The lowest BCUT2D eigenvalue weighted by Gasteiger charge is -2.37. The molecule has 7 heteroatoms. The largest absolute Gasteiger partial charge is 0.326 e. The zero-order valence-corrected chi connectivity index (χ0v) is 14.2. The Labute approximate surface area is 147 Å². The average Bonchev–Trinajstić information content (AvgIpc) is 3.25. The Bertz CT molecular complexity index is 705. The van der Waals surface area contributed by atoms with Crippen molar-refractivity contribution in [2.45, 2.75) is 25.7 Å². The molecule has 1 aliphatic heterocycles. The van der Waals surface area contributed by atoms with E-state index in [1.165, 1.54) is 12.7 Å². The standard InChI is InChI=1S/C17H21N5O.ClH/c23-16(17-7-2-1-5-13(17)9-18-10-17)21-14-6-3-4-12(8-14)15-19-11-20-22-15;/h3-4,6,8,11,13,18H,1-2,5,7,9-10H2,(H,21,23)(H,19,20,22);1H/t13-,17+;/m0./s1. The molecule has 0 bridgehead atoms. The third-order valence-electron chi connectivity index (χ3n) is 5.30. The highest BCUT2D eigenvalue weighted by molar-refractivity contribution is 5.96. The molecule has 1 aliphatic carbocycles. The summed E-state index contributed by atoms with van der Waals surface area (Å²) in [6.45, 7) is 1.76. The van der Waals surface area contributed by atoms with Crippen molar-refractivity contribution in [1.82, 2.24) is 20.5 Å². The zero-order chi connectivity index (χ0) is 15.7. The molecule has 4 rings (SSSR count). The van der Waals surface area contributed by atoms with Crippen LogP contribution in [0.1, 0.15) is 25.7 Å². The van der Waals surface area contributed by atoms with Gasteiger partial charge in [-0.25, -0.2) is 4.98 Å². The first-order valence-electron chi connectivity index (χ1n) is 8.26. The number of carbonyl (C=O) groups is 1. The van der Waals surface area contributed by atoms with E-state index in [1.807, 2.05) is 24.3 Å². The van der Waals surface area contributed by atoms with Crippen molar-refractivity contribution in [3.05, 3.63) is 30.6 Å². The normalized spacial score (nSPS) is 25.6. The molecular weight excluding hydrogens is 326 g/mol. The van der Waals surface area contributed by atoms with Gasteiger partial charge in [-0.3, -0.25) is 9.89 Å². The zero-order valence-electron chi connectivity index (χ0n) is 13.4. The number of aromatic amines is 1. The van der Waals surface area contributed by atoms with Crippen molar-refractivity contribution in [1.29, 1.82) is 0 Å². The minimum atomic E-state index is -0.236. The van der Waals surface area contributed by atoms with Gasteiger partial charge in [0, 0.05) is 17.8 Å². The lowest BCUT2D eigenvalue weighted by atomic mass is 9.67. The van der Waals surface area contributed by atoms with Crippen LogP contribution in [0.4, 0.5) is 5.69 Å². The number of nitrogens with zero attached hydrogens (tertiary/aromatic N) is 2. The summed E-state index contributed by atoms with van der Waals surface area (Å²) in [6, 6.07) is 7.75. The molecule has 1 aromatic heterocycles. The lowest BCUT2D eigenvalue weighted by molar-refractivity contribution is -0.128. The molecule has 0 spiro atoms. The molecule has 0 unspecified atom stereocenters. The fraction of sp³-hybridized carbons (Fsp3) is 0.471. The smallest absolute Gasteiger partial charge is 0.232 e. The minimum Gasteiger partial charge on any atom is -0.326 e. The Hall–Kier alpha value is -1.92. The highest BCUT2D eigenvalue weighted by Gasteiger charge is 2.49. The first-order chi connectivity index (χ1) is 11.3. The van der Waals surface area contributed by atoms with Crippen LogP contribution in [-0.2, 0) is 4.79 Å². The van der Waals surface area contributed by atoms with Crippen LogP contribution in [0.15, 0.2) is 30.6 Å². The number of aromatic nitrogens is 3. The number of rotatable bonds is 3. The molecule has 6 nitrogen and oxygen atoms in total. The predicted octanol–water partition coefficient (Wildman–Crippen LogP) is 2.61. The van der Waals surface area contributed by atoms with Gasteiger partial charge in [0.15, 0.2) is 5.82 Å². The van der Waals surface area contributed by atoms with E-state index in [0.29, 0.717) is 11.7 Å². The van der Waals surface area contributed by atoms with E-state index >= 15 is 0 Å².